The molecule has 4 aromatic carbocycles. The van der Waals surface area contributed by atoms with Crippen LogP contribution < -0.4 is 5.32 Å². The van der Waals surface area contributed by atoms with Crippen LogP contribution in [-0.4, -0.2) is 43.1 Å². The molecule has 5 aromatic rings. The van der Waals surface area contributed by atoms with Gasteiger partial charge in [-0.1, -0.05) is 104 Å². The third-order valence-corrected chi connectivity index (χ3v) is 8.69. The number of aliphatic hydroxyl groups excluding tert-OH is 1. The molecule has 6 rings (SSSR count). The predicted octanol–water partition coefficient (Wildman–Crippen LogP) is 5.67. The van der Waals surface area contributed by atoms with Crippen LogP contribution >= 0.6 is 11.8 Å². The molecular weight excluding hydrogens is 574 g/mol. The molecule has 0 radical (unpaired) electrons. The first-order chi connectivity index (χ1) is 21.6. The smallest absolute Gasteiger partial charge is 0.251 e. The lowest BCUT2D eigenvalue weighted by molar-refractivity contribution is -0.268. The van der Waals surface area contributed by atoms with Gasteiger partial charge in [0.25, 0.3) is 5.91 Å². The van der Waals surface area contributed by atoms with Crippen LogP contribution in [0.3, 0.4) is 0 Å². The first kappa shape index (κ1) is 29.7. The van der Waals surface area contributed by atoms with Crippen LogP contribution in [0, 0.1) is 5.92 Å². The Labute approximate surface area is 260 Å². The van der Waals surface area contributed by atoms with Crippen molar-refractivity contribution in [2.24, 2.45) is 5.92 Å². The van der Waals surface area contributed by atoms with Crippen molar-refractivity contribution in [3.05, 3.63) is 137 Å². The van der Waals surface area contributed by atoms with Crippen molar-refractivity contribution in [3.63, 3.8) is 0 Å². The number of aliphatic hydroxyl groups is 1. The second-order valence-corrected chi connectivity index (χ2v) is 11.6. The molecule has 1 fully saturated rings. The number of para-hydroxylation sites is 1. The van der Waals surface area contributed by atoms with Crippen molar-refractivity contribution < 1.29 is 19.4 Å². The molecule has 4 atom stereocenters. The maximum atomic E-state index is 12.5. The van der Waals surface area contributed by atoms with Gasteiger partial charge in [-0.05, 0) is 51.4 Å². The SMILES string of the molecule is CC1C(CSc2nnnn2-c2ccccc2)OC(c2ccc(CNC(=O)c3ccccc3)cc2)OC1c1ccc(CO)cc1. The first-order valence-corrected chi connectivity index (χ1v) is 15.5. The topological polar surface area (TPSA) is 111 Å². The van der Waals surface area contributed by atoms with E-state index in [1.54, 1.807) is 28.6 Å². The van der Waals surface area contributed by atoms with E-state index >= 15 is 0 Å². The zero-order valence-electron chi connectivity index (χ0n) is 24.2. The monoisotopic (exact) mass is 607 g/mol. The number of rotatable bonds is 10. The normalized spacial score (nSPS) is 19.9. The number of thioether (sulfide) groups is 1. The Bertz CT molecular complexity index is 1650. The molecule has 0 bridgehead atoms. The largest absolute Gasteiger partial charge is 0.392 e. The minimum atomic E-state index is -0.600. The highest BCUT2D eigenvalue weighted by Gasteiger charge is 2.38. The number of carbonyl (C=O) groups excluding carboxylic acids is 1. The number of nitrogens with zero attached hydrogens (tertiary/aromatic N) is 4. The number of nitrogens with one attached hydrogen (secondary N) is 1. The fourth-order valence-electron chi connectivity index (χ4n) is 5.13. The number of carbonyl (C=O) groups is 1. The summed E-state index contributed by atoms with van der Waals surface area (Å²) < 4.78 is 14.9. The lowest BCUT2D eigenvalue weighted by atomic mass is 9.91. The summed E-state index contributed by atoms with van der Waals surface area (Å²) in [6, 6.07) is 34.7. The summed E-state index contributed by atoms with van der Waals surface area (Å²) in [7, 11) is 0. The summed E-state index contributed by atoms with van der Waals surface area (Å²) in [6.45, 7) is 2.53. The molecule has 1 aliphatic heterocycles. The lowest BCUT2D eigenvalue weighted by Crippen LogP contribution is -2.38. The summed E-state index contributed by atoms with van der Waals surface area (Å²) in [5, 5.41) is 25.5. The van der Waals surface area contributed by atoms with Crippen molar-refractivity contribution in [2.75, 3.05) is 5.75 Å². The highest BCUT2D eigenvalue weighted by Crippen LogP contribution is 2.43. The molecule has 44 heavy (non-hydrogen) atoms. The van der Waals surface area contributed by atoms with E-state index in [9.17, 15) is 9.90 Å². The molecule has 1 aliphatic rings. The van der Waals surface area contributed by atoms with Gasteiger partial charge in [-0.25, -0.2) is 0 Å². The molecule has 0 saturated carbocycles. The fraction of sp³-hybridized carbons (Fsp3) is 0.235. The number of tetrazole rings is 1. The van der Waals surface area contributed by atoms with Crippen LogP contribution in [0.25, 0.3) is 5.69 Å². The molecule has 1 amide bonds. The van der Waals surface area contributed by atoms with E-state index in [1.807, 2.05) is 97.1 Å². The predicted molar refractivity (Wildman–Crippen MR) is 167 cm³/mol. The third-order valence-electron chi connectivity index (χ3n) is 7.68. The summed E-state index contributed by atoms with van der Waals surface area (Å²) in [6.07, 6.45) is -1.01. The van der Waals surface area contributed by atoms with Crippen LogP contribution in [0.5, 0.6) is 0 Å². The van der Waals surface area contributed by atoms with Crippen LogP contribution in [0.4, 0.5) is 0 Å². The maximum absolute atomic E-state index is 12.5. The molecule has 0 spiro atoms. The van der Waals surface area contributed by atoms with Crippen molar-refractivity contribution in [3.8, 4) is 5.69 Å². The molecule has 9 nitrogen and oxygen atoms in total. The second kappa shape index (κ2) is 14.0. The summed E-state index contributed by atoms with van der Waals surface area (Å²) in [4.78, 5) is 12.5. The van der Waals surface area contributed by atoms with Gasteiger partial charge >= 0.3 is 0 Å². The molecule has 224 valence electrons. The molecule has 4 unspecified atom stereocenters. The Hall–Kier alpha value is -4.35. The lowest BCUT2D eigenvalue weighted by Gasteiger charge is -2.41. The van der Waals surface area contributed by atoms with Crippen LogP contribution in [0.15, 0.2) is 114 Å². The number of hydrogen-bond donors (Lipinski definition) is 2. The highest BCUT2D eigenvalue weighted by atomic mass is 32.2. The zero-order chi connectivity index (χ0) is 30.3. The van der Waals surface area contributed by atoms with E-state index in [2.05, 4.69) is 27.8 Å². The number of benzene rings is 4. The zero-order valence-corrected chi connectivity index (χ0v) is 25.0. The Kier molecular flexibility index (Phi) is 9.43. The summed E-state index contributed by atoms with van der Waals surface area (Å²) >= 11 is 1.54. The Morgan fingerprint density at radius 2 is 1.52 bits per heavy atom. The molecule has 1 aromatic heterocycles. The molecule has 1 saturated heterocycles. The minimum absolute atomic E-state index is 0.0133. The fourth-order valence-corrected chi connectivity index (χ4v) is 6.19. The van der Waals surface area contributed by atoms with Crippen LogP contribution in [-0.2, 0) is 22.6 Å². The van der Waals surface area contributed by atoms with Crippen molar-refractivity contribution >= 4 is 17.7 Å². The highest BCUT2D eigenvalue weighted by molar-refractivity contribution is 7.99. The van der Waals surface area contributed by atoms with Gasteiger partial charge < -0.3 is 19.9 Å². The van der Waals surface area contributed by atoms with Crippen molar-refractivity contribution in [2.45, 2.75) is 43.7 Å². The third kappa shape index (κ3) is 6.89. The number of aromatic nitrogens is 4. The molecule has 10 heteroatoms. The summed E-state index contributed by atoms with van der Waals surface area (Å²) in [5.74, 6) is 0.520. The van der Waals surface area contributed by atoms with E-state index < -0.39 is 6.29 Å². The maximum Gasteiger partial charge on any atom is 0.251 e. The van der Waals surface area contributed by atoms with Crippen molar-refractivity contribution in [1.82, 2.24) is 25.5 Å². The Morgan fingerprint density at radius 1 is 0.864 bits per heavy atom. The average Bonchev–Trinajstić information content (AvgIpc) is 3.56. The van der Waals surface area contributed by atoms with Gasteiger partial charge in [0, 0.05) is 29.3 Å². The first-order valence-electron chi connectivity index (χ1n) is 14.5. The quantitative estimate of drug-likeness (QED) is 0.196. The van der Waals surface area contributed by atoms with Gasteiger partial charge in [-0.3, -0.25) is 4.79 Å². The summed E-state index contributed by atoms with van der Waals surface area (Å²) in [5.41, 5.74) is 5.24. The van der Waals surface area contributed by atoms with Gasteiger partial charge in [0.15, 0.2) is 6.29 Å². The van der Waals surface area contributed by atoms with E-state index in [4.69, 9.17) is 9.47 Å². The van der Waals surface area contributed by atoms with E-state index in [-0.39, 0.29) is 30.6 Å². The van der Waals surface area contributed by atoms with Crippen LogP contribution in [0.2, 0.25) is 0 Å². The molecule has 0 aliphatic carbocycles. The Balaban J connectivity index is 1.18. The van der Waals surface area contributed by atoms with E-state index in [1.165, 1.54) is 0 Å². The van der Waals surface area contributed by atoms with E-state index in [0.717, 1.165) is 27.9 Å². The standard InChI is InChI=1S/C34H33N5O4S/c1-23-30(22-44-34-36-37-38-39(34)29-10-6-3-7-11-29)42-33(43-31(23)26-16-14-25(21-40)15-17-26)28-18-12-24(13-19-28)20-35-32(41)27-8-4-2-5-9-27/h2-19,23,30-31,33,40H,20-22H2,1H3,(H,35,41). The number of amides is 1. The van der Waals surface area contributed by atoms with Gasteiger partial charge in [0.05, 0.1) is 24.5 Å². The minimum Gasteiger partial charge on any atom is -0.392 e. The average molecular weight is 608 g/mol. The molecule has 2 heterocycles. The molecule has 2 N–H and O–H groups in total. The van der Waals surface area contributed by atoms with Crippen LogP contribution in [0.1, 0.15) is 51.9 Å². The van der Waals surface area contributed by atoms with Gasteiger partial charge in [0.2, 0.25) is 5.16 Å². The number of ether oxygens (including phenoxy) is 2. The van der Waals surface area contributed by atoms with Gasteiger partial charge in [-0.2, -0.15) is 4.68 Å². The second-order valence-electron chi connectivity index (χ2n) is 10.6. The van der Waals surface area contributed by atoms with Crippen molar-refractivity contribution in [1.29, 1.82) is 0 Å². The Morgan fingerprint density at radius 3 is 2.23 bits per heavy atom. The van der Waals surface area contributed by atoms with Gasteiger partial charge in [0.1, 0.15) is 0 Å². The number of hydrogen-bond acceptors (Lipinski definition) is 8. The van der Waals surface area contributed by atoms with E-state index in [0.29, 0.717) is 23.0 Å². The van der Waals surface area contributed by atoms with Gasteiger partial charge in [-0.15, -0.1) is 5.10 Å². The molecular formula is C34H33N5O4S.